The number of furan rings is 2. The highest BCUT2D eigenvalue weighted by molar-refractivity contribution is 5.93. The lowest BCUT2D eigenvalue weighted by atomic mass is 10.1. The topological polar surface area (TPSA) is 67.8 Å². The minimum absolute atomic E-state index is 0.685. The van der Waals surface area contributed by atoms with Crippen LogP contribution < -0.4 is 0 Å². The third-order valence-corrected chi connectivity index (χ3v) is 7.56. The highest BCUT2D eigenvalue weighted by atomic mass is 16.4. The number of aryl methyl sites for hydroxylation is 2. The molecule has 0 atom stereocenters. The molecule has 0 aliphatic carbocycles. The Morgan fingerprint density at radius 2 is 1.06 bits per heavy atom. The van der Waals surface area contributed by atoms with Crippen molar-refractivity contribution in [2.45, 2.75) is 48.0 Å². The monoisotopic (exact) mass is 475 g/mol. The molecule has 1 N–H and O–H groups in total. The molecule has 0 fully saturated rings. The molecular weight excluding hydrogens is 446 g/mol. The molecule has 0 saturated carbocycles. The summed E-state index contributed by atoms with van der Waals surface area (Å²) in [6.07, 6.45) is 0.932. The van der Waals surface area contributed by atoms with E-state index < -0.39 is 0 Å². The van der Waals surface area contributed by atoms with Gasteiger partial charge in [-0.2, -0.15) is 0 Å². The van der Waals surface area contributed by atoms with Gasteiger partial charge in [-0.1, -0.05) is 6.92 Å². The molecule has 0 radical (unpaired) electrons. The standard InChI is InChI=1S/C31H29N3O2/c1-7-23-20(6)28-14-26-18(4)16(2)24(32-26)12-21-8-10-30(35-21)31-11-9-22(36-31)13-25-17(3)19(5)27(33-25)15-29(23)34-28/h8-15,34H,7H2,1-6H3. The van der Waals surface area contributed by atoms with Crippen LogP contribution in [-0.4, -0.2) is 15.0 Å². The number of rotatable bonds is 1. The molecule has 4 aromatic rings. The summed E-state index contributed by atoms with van der Waals surface area (Å²) in [6.45, 7) is 12.8. The average Bonchev–Trinajstić information content (AvgIpc) is 3.66. The second-order valence-corrected chi connectivity index (χ2v) is 9.66. The van der Waals surface area contributed by atoms with Gasteiger partial charge in [0, 0.05) is 23.2 Å². The Kier molecular flexibility index (Phi) is 5.11. The zero-order valence-electron chi connectivity index (χ0n) is 21.5. The smallest absolute Gasteiger partial charge is 0.170 e. The van der Waals surface area contributed by atoms with Crippen molar-refractivity contribution in [3.05, 3.63) is 82.4 Å². The van der Waals surface area contributed by atoms with Crippen LogP contribution in [0.25, 0.3) is 55.7 Å². The van der Waals surface area contributed by atoms with Gasteiger partial charge in [-0.05, 0) is 111 Å². The molecule has 6 heterocycles. The van der Waals surface area contributed by atoms with Gasteiger partial charge < -0.3 is 13.8 Å². The zero-order chi connectivity index (χ0) is 25.1. The summed E-state index contributed by atoms with van der Waals surface area (Å²) in [6, 6.07) is 16.1. The Labute approximate surface area is 209 Å². The molecule has 5 heteroatoms. The summed E-state index contributed by atoms with van der Waals surface area (Å²) in [5.41, 5.74) is 16.0. The first kappa shape index (κ1) is 22.4. The number of fused-ring (bicyclic) bond motifs is 11. The van der Waals surface area contributed by atoms with Crippen molar-refractivity contribution in [3.8, 4) is 0 Å². The lowest BCUT2D eigenvalue weighted by molar-refractivity contribution is 0.629. The molecule has 36 heavy (non-hydrogen) atoms. The summed E-state index contributed by atoms with van der Waals surface area (Å²) in [5.74, 6) is 0. The highest BCUT2D eigenvalue weighted by Crippen LogP contribution is 2.33. The van der Waals surface area contributed by atoms with E-state index in [1.165, 1.54) is 22.3 Å². The van der Waals surface area contributed by atoms with E-state index in [1.807, 2.05) is 36.4 Å². The fourth-order valence-electron chi connectivity index (χ4n) is 5.00. The first-order chi connectivity index (χ1) is 17.3. The molecule has 0 unspecified atom stereocenters. The molecule has 180 valence electrons. The minimum atomic E-state index is 0.685. The Morgan fingerprint density at radius 1 is 0.611 bits per heavy atom. The SMILES string of the molecule is CCc1c(C)c2cc3nc(cc4ccc(o4)c4ccc(cc5nc(cc1[nH]2)C(C)=C5C)o4)C(C)=C3C. The predicted molar refractivity (Wildman–Crippen MR) is 148 cm³/mol. The van der Waals surface area contributed by atoms with Crippen LogP contribution in [0.1, 0.15) is 68.5 Å². The molecular formula is C31H29N3O2. The van der Waals surface area contributed by atoms with Crippen LogP contribution in [0.3, 0.4) is 0 Å². The third kappa shape index (κ3) is 3.54. The molecule has 2 aliphatic rings. The van der Waals surface area contributed by atoms with Gasteiger partial charge in [0.1, 0.15) is 11.2 Å². The highest BCUT2D eigenvalue weighted by Gasteiger charge is 2.16. The number of allylic oxidation sites excluding steroid dienone is 4. The van der Waals surface area contributed by atoms with E-state index in [-0.39, 0.29) is 0 Å². The van der Waals surface area contributed by atoms with E-state index in [0.717, 1.165) is 62.5 Å². The van der Waals surface area contributed by atoms with Crippen LogP contribution in [0.5, 0.6) is 0 Å². The van der Waals surface area contributed by atoms with Gasteiger partial charge in [0.05, 0.1) is 22.8 Å². The fraction of sp³-hybridized carbons (Fsp3) is 0.226. The van der Waals surface area contributed by atoms with Crippen molar-refractivity contribution in [1.82, 2.24) is 15.0 Å². The van der Waals surface area contributed by atoms with Crippen molar-refractivity contribution in [2.75, 3.05) is 0 Å². The number of hydrogen-bond donors (Lipinski definition) is 1. The summed E-state index contributed by atoms with van der Waals surface area (Å²) >= 11 is 0. The molecule has 2 aliphatic heterocycles. The molecule has 0 spiro atoms. The van der Waals surface area contributed by atoms with Gasteiger partial charge in [-0.15, -0.1) is 0 Å². The van der Waals surface area contributed by atoms with Crippen LogP contribution in [0.2, 0.25) is 0 Å². The van der Waals surface area contributed by atoms with Gasteiger partial charge in [0.2, 0.25) is 0 Å². The Balaban J connectivity index is 1.75. The van der Waals surface area contributed by atoms with Crippen molar-refractivity contribution in [1.29, 1.82) is 0 Å². The van der Waals surface area contributed by atoms with Crippen molar-refractivity contribution in [3.63, 3.8) is 0 Å². The van der Waals surface area contributed by atoms with E-state index in [9.17, 15) is 0 Å². The Bertz CT molecular complexity index is 1820. The first-order valence-electron chi connectivity index (χ1n) is 12.4. The van der Waals surface area contributed by atoms with Gasteiger partial charge in [0.25, 0.3) is 0 Å². The van der Waals surface area contributed by atoms with Gasteiger partial charge in [0.15, 0.2) is 11.2 Å². The number of nitrogens with one attached hydrogen (secondary N) is 1. The summed E-state index contributed by atoms with van der Waals surface area (Å²) in [4.78, 5) is 13.6. The van der Waals surface area contributed by atoms with Crippen LogP contribution >= 0.6 is 0 Å². The maximum absolute atomic E-state index is 6.11. The Hall–Kier alpha value is -4.12. The van der Waals surface area contributed by atoms with Crippen molar-refractivity contribution >= 4 is 55.7 Å². The lowest BCUT2D eigenvalue weighted by Crippen LogP contribution is -1.82. The zero-order valence-corrected chi connectivity index (χ0v) is 21.5. The molecule has 4 aromatic heterocycles. The second-order valence-electron chi connectivity index (χ2n) is 9.66. The van der Waals surface area contributed by atoms with E-state index in [0.29, 0.717) is 11.2 Å². The van der Waals surface area contributed by atoms with Gasteiger partial charge in [-0.3, -0.25) is 0 Å². The van der Waals surface area contributed by atoms with Crippen molar-refractivity contribution < 1.29 is 8.83 Å². The van der Waals surface area contributed by atoms with Crippen LogP contribution in [-0.2, 0) is 6.42 Å². The van der Waals surface area contributed by atoms with E-state index >= 15 is 0 Å². The number of H-pyrrole nitrogens is 1. The molecule has 0 amide bonds. The summed E-state index contributed by atoms with van der Waals surface area (Å²) < 4.78 is 12.2. The van der Waals surface area contributed by atoms with Crippen LogP contribution in [0.15, 0.2) is 57.4 Å². The quantitative estimate of drug-likeness (QED) is 0.299. The minimum Gasteiger partial charge on any atom is -0.453 e. The summed E-state index contributed by atoms with van der Waals surface area (Å²) in [7, 11) is 0. The maximum Gasteiger partial charge on any atom is 0.170 e. The van der Waals surface area contributed by atoms with Crippen molar-refractivity contribution in [2.24, 2.45) is 0 Å². The molecule has 0 aromatic carbocycles. The predicted octanol–water partition coefficient (Wildman–Crippen LogP) is 8.66. The largest absolute Gasteiger partial charge is 0.453 e. The number of aromatic amines is 1. The maximum atomic E-state index is 6.11. The second kappa shape index (κ2) is 8.23. The fourth-order valence-corrected chi connectivity index (χ4v) is 5.00. The van der Waals surface area contributed by atoms with Gasteiger partial charge >= 0.3 is 0 Å². The lowest BCUT2D eigenvalue weighted by Gasteiger charge is -1.96. The number of aromatic nitrogens is 3. The Morgan fingerprint density at radius 3 is 1.53 bits per heavy atom. The molecule has 10 bridgehead atoms. The number of nitrogens with zero attached hydrogens (tertiary/aromatic N) is 2. The normalized spacial score (nSPS) is 13.7. The molecule has 5 nitrogen and oxygen atoms in total. The first-order valence-corrected chi connectivity index (χ1v) is 12.4. The van der Waals surface area contributed by atoms with E-state index in [2.05, 4.69) is 58.7 Å². The van der Waals surface area contributed by atoms with Gasteiger partial charge in [-0.25, -0.2) is 9.97 Å². The summed E-state index contributed by atoms with van der Waals surface area (Å²) in [5, 5.41) is 0. The third-order valence-electron chi connectivity index (χ3n) is 7.56. The average molecular weight is 476 g/mol. The number of hydrogen-bond acceptors (Lipinski definition) is 4. The van der Waals surface area contributed by atoms with Crippen LogP contribution in [0, 0.1) is 6.92 Å². The molecule has 0 saturated heterocycles. The van der Waals surface area contributed by atoms with Crippen LogP contribution in [0.4, 0.5) is 0 Å². The van der Waals surface area contributed by atoms with E-state index in [4.69, 9.17) is 18.8 Å². The van der Waals surface area contributed by atoms with E-state index in [1.54, 1.807) is 0 Å². The molecule has 6 rings (SSSR count).